The molecule has 2 heterocycles. The number of carbonyl (C=O) groups is 1. The number of hydrogen-bond acceptors (Lipinski definition) is 4. The highest BCUT2D eigenvalue weighted by molar-refractivity contribution is 6.30. The molecule has 0 unspecified atom stereocenters. The lowest BCUT2D eigenvalue weighted by Crippen LogP contribution is -2.07. The van der Waals surface area contributed by atoms with Gasteiger partial charge in [0.05, 0.1) is 18.4 Å². The highest BCUT2D eigenvalue weighted by Crippen LogP contribution is 2.32. The van der Waals surface area contributed by atoms with Crippen LogP contribution >= 0.6 is 11.6 Å². The van der Waals surface area contributed by atoms with E-state index in [0.29, 0.717) is 28.8 Å². The van der Waals surface area contributed by atoms with Gasteiger partial charge in [0.15, 0.2) is 11.5 Å². The highest BCUT2D eigenvalue weighted by Gasteiger charge is 2.12. The van der Waals surface area contributed by atoms with Crippen LogP contribution < -0.4 is 14.8 Å². The number of aromatic nitrogens is 2. The summed E-state index contributed by atoms with van der Waals surface area (Å²) in [5.74, 6) is 1.16. The molecule has 2 aromatic carbocycles. The van der Waals surface area contributed by atoms with Crippen molar-refractivity contribution >= 4 is 29.3 Å². The second-order valence-electron chi connectivity index (χ2n) is 5.99. The van der Waals surface area contributed by atoms with E-state index >= 15 is 0 Å². The minimum atomic E-state index is -0.237. The van der Waals surface area contributed by atoms with Gasteiger partial charge in [-0.25, -0.2) is 0 Å². The third kappa shape index (κ3) is 4.30. The molecule has 3 aromatic rings. The monoisotopic (exact) mass is 381 g/mol. The molecule has 1 N–H and O–H groups in total. The van der Waals surface area contributed by atoms with Gasteiger partial charge in [-0.3, -0.25) is 9.48 Å². The summed E-state index contributed by atoms with van der Waals surface area (Å²) in [6, 6.07) is 13.1. The number of nitrogens with zero attached hydrogens (tertiary/aromatic N) is 2. The van der Waals surface area contributed by atoms with Gasteiger partial charge in [0.1, 0.15) is 0 Å². The van der Waals surface area contributed by atoms with Crippen LogP contribution in [0.1, 0.15) is 11.1 Å². The van der Waals surface area contributed by atoms with Crippen molar-refractivity contribution in [3.05, 3.63) is 77.1 Å². The number of hydrogen-bond donors (Lipinski definition) is 1. The fourth-order valence-corrected chi connectivity index (χ4v) is 2.79. The van der Waals surface area contributed by atoms with Crippen LogP contribution in [0.5, 0.6) is 11.5 Å². The third-order valence-corrected chi connectivity index (χ3v) is 4.23. The van der Waals surface area contributed by atoms with Crippen LogP contribution in [0.2, 0.25) is 5.02 Å². The van der Waals surface area contributed by atoms with E-state index in [0.717, 1.165) is 11.1 Å². The maximum Gasteiger partial charge on any atom is 0.248 e. The smallest absolute Gasteiger partial charge is 0.248 e. The Hall–Kier alpha value is -3.25. The maximum atomic E-state index is 12.1. The lowest BCUT2D eigenvalue weighted by molar-refractivity contribution is -0.111. The summed E-state index contributed by atoms with van der Waals surface area (Å²) in [6.45, 7) is 0.822. The normalized spacial score (nSPS) is 12.5. The summed E-state index contributed by atoms with van der Waals surface area (Å²) >= 11 is 5.89. The molecule has 0 radical (unpaired) electrons. The maximum absolute atomic E-state index is 12.1. The number of fused-ring (bicyclic) bond motifs is 1. The molecule has 0 saturated heterocycles. The molecule has 1 aliphatic rings. The van der Waals surface area contributed by atoms with E-state index in [2.05, 4.69) is 10.4 Å². The van der Waals surface area contributed by atoms with E-state index in [1.54, 1.807) is 23.2 Å². The first-order chi connectivity index (χ1) is 13.2. The van der Waals surface area contributed by atoms with Crippen LogP contribution in [0.25, 0.3) is 6.08 Å². The molecule has 0 bridgehead atoms. The molecule has 4 rings (SSSR count). The largest absolute Gasteiger partial charge is 0.454 e. The van der Waals surface area contributed by atoms with E-state index in [4.69, 9.17) is 21.1 Å². The van der Waals surface area contributed by atoms with Gasteiger partial charge in [-0.05, 0) is 41.5 Å². The van der Waals surface area contributed by atoms with Crippen molar-refractivity contribution in [3.8, 4) is 11.5 Å². The molecule has 0 atom stereocenters. The third-order valence-electron chi connectivity index (χ3n) is 3.98. The topological polar surface area (TPSA) is 65.4 Å². The van der Waals surface area contributed by atoms with Crippen molar-refractivity contribution in [2.45, 2.75) is 6.54 Å². The number of anilines is 1. The van der Waals surface area contributed by atoms with Gasteiger partial charge in [-0.15, -0.1) is 0 Å². The van der Waals surface area contributed by atoms with Crippen molar-refractivity contribution in [3.63, 3.8) is 0 Å². The second-order valence-corrected chi connectivity index (χ2v) is 6.42. The second kappa shape index (κ2) is 7.55. The Morgan fingerprint density at radius 2 is 2.00 bits per heavy atom. The molecule has 27 heavy (non-hydrogen) atoms. The van der Waals surface area contributed by atoms with Crippen molar-refractivity contribution in [2.75, 3.05) is 12.1 Å². The zero-order valence-corrected chi connectivity index (χ0v) is 15.0. The minimum Gasteiger partial charge on any atom is -0.454 e. The predicted molar refractivity (Wildman–Crippen MR) is 103 cm³/mol. The number of rotatable bonds is 5. The van der Waals surface area contributed by atoms with Crippen LogP contribution in [0.3, 0.4) is 0 Å². The summed E-state index contributed by atoms with van der Waals surface area (Å²) in [6.07, 6.45) is 6.58. The van der Waals surface area contributed by atoms with Crippen molar-refractivity contribution in [1.29, 1.82) is 0 Å². The number of ether oxygens (including phenoxy) is 2. The van der Waals surface area contributed by atoms with Crippen LogP contribution in [0.15, 0.2) is 60.9 Å². The van der Waals surface area contributed by atoms with Gasteiger partial charge in [-0.1, -0.05) is 29.8 Å². The number of carbonyl (C=O) groups excluding carboxylic acids is 1. The Morgan fingerprint density at radius 1 is 1.19 bits per heavy atom. The number of benzene rings is 2. The summed E-state index contributed by atoms with van der Waals surface area (Å²) in [5.41, 5.74) is 2.56. The summed E-state index contributed by atoms with van der Waals surface area (Å²) in [5, 5.41) is 7.75. The number of halogens is 1. The van der Waals surface area contributed by atoms with E-state index < -0.39 is 0 Å². The van der Waals surface area contributed by atoms with E-state index in [1.807, 2.05) is 42.5 Å². The number of amides is 1. The molecule has 7 heteroatoms. The molecular weight excluding hydrogens is 366 g/mol. The first-order valence-corrected chi connectivity index (χ1v) is 8.69. The molecule has 1 aromatic heterocycles. The number of nitrogens with one attached hydrogen (secondary N) is 1. The van der Waals surface area contributed by atoms with Crippen molar-refractivity contribution < 1.29 is 14.3 Å². The lowest BCUT2D eigenvalue weighted by Gasteiger charge is -2.02. The average Bonchev–Trinajstić information content (AvgIpc) is 3.30. The molecule has 1 amide bonds. The summed E-state index contributed by atoms with van der Waals surface area (Å²) in [7, 11) is 0. The first-order valence-electron chi connectivity index (χ1n) is 8.31. The molecule has 6 nitrogen and oxygen atoms in total. The fraction of sp³-hybridized carbons (Fsp3) is 0.100. The van der Waals surface area contributed by atoms with Gasteiger partial charge in [0, 0.05) is 17.3 Å². The lowest BCUT2D eigenvalue weighted by atomic mass is 10.2. The SMILES string of the molecule is O=C(C=Cc1ccc2c(c1)OCO2)Nc1cnn(Cc2ccc(Cl)cc2)c1. The van der Waals surface area contributed by atoms with Crippen LogP contribution in [-0.4, -0.2) is 22.5 Å². The molecule has 0 aliphatic carbocycles. The molecular formula is C20H16ClN3O3. The van der Waals surface area contributed by atoms with E-state index in [1.165, 1.54) is 6.08 Å². The quantitative estimate of drug-likeness (QED) is 0.679. The Bertz CT molecular complexity index is 996. The molecule has 0 spiro atoms. The molecule has 1 aliphatic heterocycles. The zero-order valence-electron chi connectivity index (χ0n) is 14.3. The Balaban J connectivity index is 1.35. The van der Waals surface area contributed by atoms with Gasteiger partial charge >= 0.3 is 0 Å². The van der Waals surface area contributed by atoms with Crippen molar-refractivity contribution in [1.82, 2.24) is 9.78 Å². The summed E-state index contributed by atoms with van der Waals surface area (Å²) < 4.78 is 12.3. The molecule has 136 valence electrons. The van der Waals surface area contributed by atoms with Crippen molar-refractivity contribution in [2.24, 2.45) is 0 Å². The molecule has 0 fully saturated rings. The van der Waals surface area contributed by atoms with Crippen LogP contribution in [0.4, 0.5) is 5.69 Å². The average molecular weight is 382 g/mol. The van der Waals surface area contributed by atoms with Gasteiger partial charge in [-0.2, -0.15) is 5.10 Å². The van der Waals surface area contributed by atoms with Crippen LogP contribution in [0, 0.1) is 0 Å². The van der Waals surface area contributed by atoms with Gasteiger partial charge in [0.2, 0.25) is 12.7 Å². The predicted octanol–water partition coefficient (Wildman–Crippen LogP) is 3.97. The Labute approximate surface area is 161 Å². The Morgan fingerprint density at radius 3 is 2.85 bits per heavy atom. The van der Waals surface area contributed by atoms with E-state index in [9.17, 15) is 4.79 Å². The first kappa shape index (κ1) is 17.2. The summed E-state index contributed by atoms with van der Waals surface area (Å²) in [4.78, 5) is 12.1. The highest BCUT2D eigenvalue weighted by atomic mass is 35.5. The van der Waals surface area contributed by atoms with Gasteiger partial charge in [0.25, 0.3) is 0 Å². The minimum absolute atomic E-state index is 0.225. The van der Waals surface area contributed by atoms with E-state index in [-0.39, 0.29) is 12.7 Å². The van der Waals surface area contributed by atoms with Crippen LogP contribution in [-0.2, 0) is 11.3 Å². The zero-order chi connectivity index (χ0) is 18.6. The Kier molecular flexibility index (Phi) is 4.80. The molecule has 0 saturated carbocycles. The van der Waals surface area contributed by atoms with Gasteiger partial charge < -0.3 is 14.8 Å². The fourth-order valence-electron chi connectivity index (χ4n) is 2.66. The standard InChI is InChI=1S/C20H16ClN3O3/c21-16-5-1-15(2-6-16)11-24-12-17(10-22-24)23-20(25)8-4-14-3-7-18-19(9-14)27-13-26-18/h1-10,12H,11,13H2,(H,23,25).